The Hall–Kier alpha value is -7.36. The minimum Gasteiger partial charge on any atom is -0.445 e. The number of nitrogens with zero attached hydrogens (tertiary/aromatic N) is 7. The van der Waals surface area contributed by atoms with Gasteiger partial charge in [0.2, 0.25) is 35.4 Å². The molecule has 3 rings (SSSR count). The van der Waals surface area contributed by atoms with Crippen molar-refractivity contribution < 1.29 is 57.7 Å². The summed E-state index contributed by atoms with van der Waals surface area (Å²) in [6, 6.07) is 9.24. The first-order valence-corrected chi connectivity index (χ1v) is 29.0. The second-order valence-corrected chi connectivity index (χ2v) is 22.8. The molecule has 0 radical (unpaired) electrons. The number of likely N-dealkylation sites (N-methyl/N-ethyl adjacent to an activating group) is 2. The predicted octanol–water partition coefficient (Wildman–Crippen LogP) is 4.45. The molecule has 2 aromatic carbocycles. The van der Waals surface area contributed by atoms with Gasteiger partial charge >= 0.3 is 12.1 Å². The van der Waals surface area contributed by atoms with E-state index in [1.165, 1.54) is 33.2 Å². The van der Waals surface area contributed by atoms with Crippen LogP contribution in [0.25, 0.3) is 0 Å². The zero-order valence-electron chi connectivity index (χ0n) is 51.9. The summed E-state index contributed by atoms with van der Waals surface area (Å²) in [6.45, 7) is 18.0. The molecule has 12 atom stereocenters. The fraction of sp³-hybridized carbons (Fsp3) is 0.655. The highest BCUT2D eigenvalue weighted by atomic mass is 16.6. The quantitative estimate of drug-likeness (QED) is 0.0161. The number of rotatable bonds is 32. The summed E-state index contributed by atoms with van der Waals surface area (Å²) >= 11 is 0. The molecule has 9 amide bonds. The Morgan fingerprint density at radius 3 is 2.00 bits per heavy atom. The maximum absolute atomic E-state index is 14.9. The second-order valence-electron chi connectivity index (χ2n) is 22.8. The zero-order chi connectivity index (χ0) is 63.9. The number of amides is 9. The van der Waals surface area contributed by atoms with Crippen molar-refractivity contribution in [3.63, 3.8) is 0 Å². The molecule has 0 aromatic heterocycles. The number of likely N-dealkylation sites (tertiary alicyclic amines) is 1. The van der Waals surface area contributed by atoms with Gasteiger partial charge in [-0.25, -0.2) is 9.59 Å². The van der Waals surface area contributed by atoms with Gasteiger partial charge in [0.15, 0.2) is 6.04 Å². The van der Waals surface area contributed by atoms with Gasteiger partial charge in [0.25, 0.3) is 0 Å². The number of carbonyl (C=O) groups excluding carboxylic acids is 8. The SMILES string of the molecule is CC[C@H](C)[C@@](N)([C@@H](CC(=O)N1CCC[C@H]1[C@H](OC)[C@@H](C)C(=O)N[C@H](C)[C@@H](O)c1ccccc1)OC)N(C)C(=O)[C@@H](NC(=O)[C@H](C(C)C)N(C)C(=O)OCc1ccc(NC(=O)[C@H](CCCNC(=O)N=NN)NC(=O)[C@@H](N=NN)C(C)C)cc1)C(C)C. The molecule has 474 valence electrons. The average molecular weight is 1190 g/mol. The van der Waals surface area contributed by atoms with Gasteiger partial charge < -0.3 is 73.1 Å². The summed E-state index contributed by atoms with van der Waals surface area (Å²) in [5.41, 5.74) is 7.30. The van der Waals surface area contributed by atoms with E-state index in [9.17, 15) is 43.5 Å². The highest BCUT2D eigenvalue weighted by Gasteiger charge is 2.50. The van der Waals surface area contributed by atoms with Crippen LogP contribution >= 0.6 is 0 Å². The van der Waals surface area contributed by atoms with Crippen LogP contribution in [0.5, 0.6) is 0 Å². The van der Waals surface area contributed by atoms with Crippen LogP contribution in [0.1, 0.15) is 125 Å². The lowest BCUT2D eigenvalue weighted by atomic mass is 9.83. The number of benzene rings is 2. The van der Waals surface area contributed by atoms with E-state index in [2.05, 4.69) is 47.3 Å². The van der Waals surface area contributed by atoms with Crippen molar-refractivity contribution in [3.8, 4) is 0 Å². The van der Waals surface area contributed by atoms with Crippen molar-refractivity contribution >= 4 is 53.3 Å². The van der Waals surface area contributed by atoms with Gasteiger partial charge in [-0.2, -0.15) is 5.11 Å². The Morgan fingerprint density at radius 1 is 0.800 bits per heavy atom. The Bertz CT molecular complexity index is 2560. The molecule has 1 saturated heterocycles. The molecule has 1 aliphatic rings. The number of nitrogens with two attached hydrogens (primary N) is 3. The third kappa shape index (κ3) is 19.9. The van der Waals surface area contributed by atoms with E-state index < -0.39 is 120 Å². The molecule has 12 N–H and O–H groups in total. The number of aliphatic hydroxyl groups is 1. The zero-order valence-corrected chi connectivity index (χ0v) is 51.9. The van der Waals surface area contributed by atoms with Gasteiger partial charge in [0.05, 0.1) is 36.6 Å². The van der Waals surface area contributed by atoms with Crippen molar-refractivity contribution in [2.45, 2.75) is 175 Å². The molecule has 0 bridgehead atoms. The number of anilines is 1. The number of carbonyl (C=O) groups is 8. The Morgan fingerprint density at radius 2 is 1.45 bits per heavy atom. The third-order valence-electron chi connectivity index (χ3n) is 15.9. The molecular weight excluding hydrogens is 1100 g/mol. The van der Waals surface area contributed by atoms with Crippen molar-refractivity contribution in [2.24, 2.45) is 67.7 Å². The van der Waals surface area contributed by atoms with Crippen LogP contribution in [0, 0.1) is 29.6 Å². The van der Waals surface area contributed by atoms with Crippen molar-refractivity contribution in [1.29, 1.82) is 0 Å². The molecule has 0 saturated carbocycles. The number of urea groups is 1. The van der Waals surface area contributed by atoms with E-state index in [4.69, 9.17) is 31.6 Å². The molecule has 0 unspecified atom stereocenters. The first-order valence-electron chi connectivity index (χ1n) is 29.0. The smallest absolute Gasteiger partial charge is 0.410 e. The minimum absolute atomic E-state index is 0.0962. The third-order valence-corrected chi connectivity index (χ3v) is 15.9. The molecule has 0 aliphatic carbocycles. The summed E-state index contributed by atoms with van der Waals surface area (Å²) < 4.78 is 17.7. The Balaban J connectivity index is 1.74. The van der Waals surface area contributed by atoms with Crippen LogP contribution in [-0.4, -0.2) is 163 Å². The molecule has 1 aliphatic heterocycles. The Kier molecular flexibility index (Phi) is 29.2. The largest absolute Gasteiger partial charge is 0.445 e. The number of hydrogen-bond donors (Lipinski definition) is 9. The van der Waals surface area contributed by atoms with Gasteiger partial charge in [0, 0.05) is 47.1 Å². The standard InChI is InChI=1S/C58H95N15O12/c1-15-36(8)58(59,44(83-13)31-45(74)73-30-20-24-43(73)50(84-14)37(9)51(76)63-38(10)49(75)40-21-17-16-18-22-40)72(12)55(80)47(34(4)5)66-54(79)48(35(6)7)71(11)57(82)85-32-39-25-27-41(28-26-39)64-52(77)42(23-19-29-62-56(81)68-70-61)65-53(78)46(33(2)3)67-69-60/h16-18,21-22,25-28,33-38,42-44,46-50,75H,15,19-20,23-24,29-32,59H2,1-14H3,(H2,60,67)(H,63,76)(H,64,77)(H,65,78)(H,66,79)(H3,61,62,68,81)/t36-,37+,38+,42-,43-,44+,46-,47-,48-,49+,50+,58-/m0/s1. The lowest BCUT2D eigenvalue weighted by Crippen LogP contribution is -2.71. The summed E-state index contributed by atoms with van der Waals surface area (Å²) in [6.07, 6.45) is -1.71. The molecule has 85 heavy (non-hydrogen) atoms. The van der Waals surface area contributed by atoms with Crippen LogP contribution in [0.2, 0.25) is 0 Å². The van der Waals surface area contributed by atoms with E-state index in [0.29, 0.717) is 42.6 Å². The van der Waals surface area contributed by atoms with E-state index in [1.54, 1.807) is 96.7 Å². The predicted molar refractivity (Wildman–Crippen MR) is 318 cm³/mol. The second kappa shape index (κ2) is 34.6. The van der Waals surface area contributed by atoms with Gasteiger partial charge in [-0.05, 0) is 86.0 Å². The normalized spacial score (nSPS) is 17.8. The summed E-state index contributed by atoms with van der Waals surface area (Å²) in [5.74, 6) is 4.78. The van der Waals surface area contributed by atoms with Crippen LogP contribution < -0.4 is 44.0 Å². The number of ether oxygens (including phenoxy) is 3. The maximum atomic E-state index is 14.9. The van der Waals surface area contributed by atoms with E-state index in [-0.39, 0.29) is 50.1 Å². The van der Waals surface area contributed by atoms with E-state index >= 15 is 0 Å². The molecule has 2 aromatic rings. The number of aliphatic hydroxyl groups excluding tert-OH is 1. The summed E-state index contributed by atoms with van der Waals surface area (Å²) in [4.78, 5) is 114. The van der Waals surface area contributed by atoms with Gasteiger partial charge in [0.1, 0.15) is 36.5 Å². The molecule has 1 fully saturated rings. The lowest BCUT2D eigenvalue weighted by Gasteiger charge is -2.49. The lowest BCUT2D eigenvalue weighted by molar-refractivity contribution is -0.157. The number of hydrogen-bond acceptors (Lipinski definition) is 16. The minimum atomic E-state index is -1.59. The first kappa shape index (κ1) is 71.9. The summed E-state index contributed by atoms with van der Waals surface area (Å²) in [5, 5.41) is 37.8. The van der Waals surface area contributed by atoms with Crippen molar-refractivity contribution in [1.82, 2.24) is 36.0 Å². The highest BCUT2D eigenvalue weighted by molar-refractivity contribution is 5.98. The average Bonchev–Trinajstić information content (AvgIpc) is 3.83. The fourth-order valence-corrected chi connectivity index (χ4v) is 10.6. The highest BCUT2D eigenvalue weighted by Crippen LogP contribution is 2.33. The van der Waals surface area contributed by atoms with Crippen LogP contribution in [0.3, 0.4) is 0 Å². The van der Waals surface area contributed by atoms with Crippen molar-refractivity contribution in [2.75, 3.05) is 46.7 Å². The Labute approximate surface area is 500 Å². The van der Waals surface area contributed by atoms with Crippen LogP contribution in [0.15, 0.2) is 75.3 Å². The number of nitrogens with one attached hydrogen (secondary N) is 5. The maximum Gasteiger partial charge on any atom is 0.410 e. The molecule has 0 spiro atoms. The summed E-state index contributed by atoms with van der Waals surface area (Å²) in [7, 11) is 5.87. The van der Waals surface area contributed by atoms with Crippen molar-refractivity contribution in [3.05, 3.63) is 65.7 Å². The van der Waals surface area contributed by atoms with Gasteiger partial charge in [-0.1, -0.05) is 120 Å². The first-order chi connectivity index (χ1) is 40.1. The van der Waals surface area contributed by atoms with Gasteiger partial charge in [-0.3, -0.25) is 33.7 Å². The monoisotopic (exact) mass is 1190 g/mol. The molecule has 27 nitrogen and oxygen atoms in total. The van der Waals surface area contributed by atoms with E-state index in [0.717, 1.165) is 4.90 Å². The van der Waals surface area contributed by atoms with E-state index in [1.807, 2.05) is 32.0 Å². The number of methoxy groups -OCH3 is 2. The molecular formula is C58H95N15O12. The van der Waals surface area contributed by atoms with Crippen LogP contribution in [0.4, 0.5) is 15.3 Å². The molecule has 27 heteroatoms. The molecule has 1 heterocycles. The van der Waals surface area contributed by atoms with Gasteiger partial charge in [-0.15, -0.1) is 0 Å². The topological polar surface area (TPSA) is 382 Å². The fourth-order valence-electron chi connectivity index (χ4n) is 10.6. The van der Waals surface area contributed by atoms with Crippen LogP contribution in [-0.2, 0) is 49.6 Å².